The highest BCUT2D eigenvalue weighted by Gasteiger charge is 2.19. The maximum Gasteiger partial charge on any atom is 0.231 e. The standard InChI is InChI=1S/C8H6ClNO3/c9-5-1-2-6-8(13-4-12-6)7(5)10-3-11/h1-3H,4H2,(H,10,11). The maximum absolute atomic E-state index is 10.3. The van der Waals surface area contributed by atoms with Crippen molar-refractivity contribution >= 4 is 23.7 Å². The van der Waals surface area contributed by atoms with Crippen LogP contribution in [0.3, 0.4) is 0 Å². The molecule has 0 atom stereocenters. The van der Waals surface area contributed by atoms with Crippen LogP contribution in [0.5, 0.6) is 11.5 Å². The van der Waals surface area contributed by atoms with Gasteiger partial charge in [-0.15, -0.1) is 0 Å². The van der Waals surface area contributed by atoms with E-state index in [2.05, 4.69) is 5.32 Å². The highest BCUT2D eigenvalue weighted by Crippen LogP contribution is 2.42. The Labute approximate surface area is 79.4 Å². The van der Waals surface area contributed by atoms with E-state index in [1.165, 1.54) is 0 Å². The molecule has 1 aromatic rings. The van der Waals surface area contributed by atoms with Crippen molar-refractivity contribution in [3.63, 3.8) is 0 Å². The Balaban J connectivity index is 2.51. The van der Waals surface area contributed by atoms with E-state index < -0.39 is 0 Å². The SMILES string of the molecule is O=CNc1c(Cl)ccc2c1OCO2. The smallest absolute Gasteiger partial charge is 0.231 e. The molecule has 0 unspecified atom stereocenters. The molecule has 0 aromatic heterocycles. The second kappa shape index (κ2) is 3.14. The lowest BCUT2D eigenvalue weighted by molar-refractivity contribution is -0.105. The number of rotatable bonds is 2. The fourth-order valence-electron chi connectivity index (χ4n) is 1.14. The van der Waals surface area contributed by atoms with Crippen molar-refractivity contribution in [3.05, 3.63) is 17.2 Å². The van der Waals surface area contributed by atoms with Crippen LogP contribution in [-0.2, 0) is 4.79 Å². The average Bonchev–Trinajstić information content (AvgIpc) is 2.58. The summed E-state index contributed by atoms with van der Waals surface area (Å²) in [5, 5.41) is 2.89. The van der Waals surface area contributed by atoms with Crippen molar-refractivity contribution in [1.82, 2.24) is 0 Å². The molecule has 13 heavy (non-hydrogen) atoms. The van der Waals surface area contributed by atoms with Gasteiger partial charge >= 0.3 is 0 Å². The molecule has 68 valence electrons. The Morgan fingerprint density at radius 3 is 3.08 bits per heavy atom. The van der Waals surface area contributed by atoms with E-state index in [0.717, 1.165) is 0 Å². The molecule has 0 bridgehead atoms. The Morgan fingerprint density at radius 2 is 2.31 bits per heavy atom. The molecule has 0 saturated carbocycles. The van der Waals surface area contributed by atoms with Crippen molar-refractivity contribution in [2.75, 3.05) is 12.1 Å². The molecule has 1 N–H and O–H groups in total. The van der Waals surface area contributed by atoms with Gasteiger partial charge in [-0.05, 0) is 12.1 Å². The minimum absolute atomic E-state index is 0.156. The Morgan fingerprint density at radius 1 is 1.46 bits per heavy atom. The van der Waals surface area contributed by atoms with Gasteiger partial charge in [0.2, 0.25) is 13.2 Å². The van der Waals surface area contributed by atoms with Gasteiger partial charge in [0, 0.05) is 0 Å². The largest absolute Gasteiger partial charge is 0.454 e. The molecular weight excluding hydrogens is 194 g/mol. The summed E-state index contributed by atoms with van der Waals surface area (Å²) < 4.78 is 10.2. The minimum Gasteiger partial charge on any atom is -0.454 e. The second-order valence-electron chi connectivity index (χ2n) is 2.42. The predicted octanol–water partition coefficient (Wildman–Crippen LogP) is 1.64. The summed E-state index contributed by atoms with van der Waals surface area (Å²) in [5.41, 5.74) is 0.451. The van der Waals surface area contributed by atoms with Crippen LogP contribution in [0.4, 0.5) is 5.69 Å². The van der Waals surface area contributed by atoms with Crippen molar-refractivity contribution in [1.29, 1.82) is 0 Å². The fourth-order valence-corrected chi connectivity index (χ4v) is 1.35. The van der Waals surface area contributed by atoms with E-state index in [1.807, 2.05) is 0 Å². The van der Waals surface area contributed by atoms with Crippen molar-refractivity contribution in [3.8, 4) is 11.5 Å². The summed E-state index contributed by atoms with van der Waals surface area (Å²) in [6, 6.07) is 3.33. The molecule has 0 aliphatic carbocycles. The first-order valence-electron chi connectivity index (χ1n) is 3.61. The van der Waals surface area contributed by atoms with Crippen LogP contribution in [0.25, 0.3) is 0 Å². The lowest BCUT2D eigenvalue weighted by Crippen LogP contribution is -1.97. The number of carbonyl (C=O) groups excluding carboxylic acids is 1. The van der Waals surface area contributed by atoms with E-state index in [-0.39, 0.29) is 6.79 Å². The van der Waals surface area contributed by atoms with E-state index >= 15 is 0 Å². The summed E-state index contributed by atoms with van der Waals surface area (Å²) in [4.78, 5) is 10.3. The number of hydrogen-bond acceptors (Lipinski definition) is 3. The Bertz CT molecular complexity index is 353. The van der Waals surface area contributed by atoms with Crippen molar-refractivity contribution < 1.29 is 14.3 Å². The van der Waals surface area contributed by atoms with Crippen LogP contribution in [0.15, 0.2) is 12.1 Å². The van der Waals surface area contributed by atoms with E-state index in [4.69, 9.17) is 21.1 Å². The van der Waals surface area contributed by atoms with Gasteiger partial charge in [0.15, 0.2) is 11.5 Å². The zero-order valence-electron chi connectivity index (χ0n) is 6.54. The quantitative estimate of drug-likeness (QED) is 0.737. The highest BCUT2D eigenvalue weighted by molar-refractivity contribution is 6.34. The van der Waals surface area contributed by atoms with Gasteiger partial charge in [-0.2, -0.15) is 0 Å². The van der Waals surface area contributed by atoms with Crippen LogP contribution in [0, 0.1) is 0 Å². The zero-order chi connectivity index (χ0) is 9.26. The summed E-state index contributed by atoms with van der Waals surface area (Å²) in [7, 11) is 0. The molecule has 0 fully saturated rings. The van der Waals surface area contributed by atoms with E-state index in [9.17, 15) is 4.79 Å². The minimum atomic E-state index is 0.156. The van der Waals surface area contributed by atoms with Crippen LogP contribution in [0.2, 0.25) is 5.02 Å². The van der Waals surface area contributed by atoms with Gasteiger partial charge in [-0.25, -0.2) is 0 Å². The molecule has 0 radical (unpaired) electrons. The van der Waals surface area contributed by atoms with Gasteiger partial charge < -0.3 is 14.8 Å². The topological polar surface area (TPSA) is 47.6 Å². The molecule has 1 aliphatic heterocycles. The number of nitrogens with one attached hydrogen (secondary N) is 1. The molecule has 1 aliphatic rings. The normalized spacial score (nSPS) is 12.7. The first-order chi connectivity index (χ1) is 6.33. The van der Waals surface area contributed by atoms with E-state index in [0.29, 0.717) is 28.6 Å². The van der Waals surface area contributed by atoms with Crippen LogP contribution >= 0.6 is 11.6 Å². The summed E-state index contributed by atoms with van der Waals surface area (Å²) in [5.74, 6) is 1.08. The van der Waals surface area contributed by atoms with Gasteiger partial charge in [0.25, 0.3) is 0 Å². The lowest BCUT2D eigenvalue weighted by Gasteiger charge is -2.05. The number of anilines is 1. The Kier molecular flexibility index (Phi) is 1.98. The number of amides is 1. The van der Waals surface area contributed by atoms with Crippen molar-refractivity contribution in [2.24, 2.45) is 0 Å². The van der Waals surface area contributed by atoms with E-state index in [1.54, 1.807) is 12.1 Å². The van der Waals surface area contributed by atoms with Crippen LogP contribution in [0.1, 0.15) is 0 Å². The van der Waals surface area contributed by atoms with Gasteiger partial charge in [0.1, 0.15) is 5.69 Å². The number of carbonyl (C=O) groups is 1. The molecular formula is C8H6ClNO3. The second-order valence-corrected chi connectivity index (χ2v) is 2.83. The highest BCUT2D eigenvalue weighted by atomic mass is 35.5. The zero-order valence-corrected chi connectivity index (χ0v) is 7.30. The van der Waals surface area contributed by atoms with Gasteiger partial charge in [-0.1, -0.05) is 11.6 Å². The average molecular weight is 200 g/mol. The third-order valence-corrected chi connectivity index (χ3v) is 2.01. The number of benzene rings is 1. The molecule has 1 amide bonds. The number of fused-ring (bicyclic) bond motifs is 1. The molecule has 2 rings (SSSR count). The number of hydrogen-bond donors (Lipinski definition) is 1. The summed E-state index contributed by atoms with van der Waals surface area (Å²) in [6.07, 6.45) is 0.545. The molecule has 0 spiro atoms. The predicted molar refractivity (Wildman–Crippen MR) is 47.3 cm³/mol. The lowest BCUT2D eigenvalue weighted by atomic mass is 10.2. The number of ether oxygens (including phenoxy) is 2. The fraction of sp³-hybridized carbons (Fsp3) is 0.125. The number of halogens is 1. The molecule has 1 heterocycles. The third-order valence-electron chi connectivity index (χ3n) is 1.69. The summed E-state index contributed by atoms with van der Waals surface area (Å²) in [6.45, 7) is 0.156. The first-order valence-corrected chi connectivity index (χ1v) is 3.99. The van der Waals surface area contributed by atoms with Gasteiger partial charge in [0.05, 0.1) is 5.02 Å². The van der Waals surface area contributed by atoms with Gasteiger partial charge in [-0.3, -0.25) is 4.79 Å². The van der Waals surface area contributed by atoms with Crippen molar-refractivity contribution in [2.45, 2.75) is 0 Å². The van der Waals surface area contributed by atoms with Crippen LogP contribution in [-0.4, -0.2) is 13.2 Å². The maximum atomic E-state index is 10.3. The molecule has 5 heteroatoms. The third kappa shape index (κ3) is 1.29. The molecule has 0 saturated heterocycles. The van der Waals surface area contributed by atoms with Crippen LogP contribution < -0.4 is 14.8 Å². The molecule has 1 aromatic carbocycles. The Hall–Kier alpha value is -1.42. The molecule has 4 nitrogen and oxygen atoms in total. The monoisotopic (exact) mass is 199 g/mol. The summed E-state index contributed by atoms with van der Waals surface area (Å²) >= 11 is 5.83. The first kappa shape index (κ1) is 8.19.